The minimum Gasteiger partial charge on any atom is -0.441 e. The number of carbonyl (C=O) groups excluding carboxylic acids is 1. The van der Waals surface area contributed by atoms with E-state index in [0.29, 0.717) is 29.2 Å². The number of aromatic nitrogens is 1. The highest BCUT2D eigenvalue weighted by molar-refractivity contribution is 5.91. The molecule has 0 aliphatic rings. The Morgan fingerprint density at radius 3 is 2.73 bits per heavy atom. The SMILES string of the molecule is CCC(CC)(CO)CNC(=O)Nc1ccc2oc(C)nc2c1. The van der Waals surface area contributed by atoms with Crippen LogP contribution in [-0.4, -0.2) is 29.3 Å². The highest BCUT2D eigenvalue weighted by Crippen LogP contribution is 2.24. The molecule has 0 aliphatic carbocycles. The maximum atomic E-state index is 12.0. The number of rotatable bonds is 6. The van der Waals surface area contributed by atoms with E-state index in [1.807, 2.05) is 13.8 Å². The molecule has 1 aromatic heterocycles. The first kappa shape index (κ1) is 16.3. The third-order valence-electron chi connectivity index (χ3n) is 4.21. The molecule has 0 fully saturated rings. The van der Waals surface area contributed by atoms with Crippen LogP contribution >= 0.6 is 0 Å². The number of urea groups is 1. The molecule has 0 aliphatic heterocycles. The average molecular weight is 305 g/mol. The molecule has 0 spiro atoms. The van der Waals surface area contributed by atoms with Gasteiger partial charge in [-0.25, -0.2) is 9.78 Å². The first-order valence-electron chi connectivity index (χ1n) is 7.55. The minimum atomic E-state index is -0.292. The number of aliphatic hydroxyl groups is 1. The molecule has 1 heterocycles. The summed E-state index contributed by atoms with van der Waals surface area (Å²) in [5.41, 5.74) is 1.80. The fraction of sp³-hybridized carbons (Fsp3) is 0.500. The Labute approximate surface area is 129 Å². The van der Waals surface area contributed by atoms with Crippen LogP contribution in [0.15, 0.2) is 22.6 Å². The monoisotopic (exact) mass is 305 g/mol. The predicted octanol–water partition coefficient (Wildman–Crippen LogP) is 3.06. The van der Waals surface area contributed by atoms with Crippen molar-refractivity contribution < 1.29 is 14.3 Å². The molecule has 120 valence electrons. The van der Waals surface area contributed by atoms with E-state index in [2.05, 4.69) is 15.6 Å². The molecule has 22 heavy (non-hydrogen) atoms. The number of amides is 2. The lowest BCUT2D eigenvalue weighted by atomic mass is 9.83. The number of nitrogens with zero attached hydrogens (tertiary/aromatic N) is 1. The van der Waals surface area contributed by atoms with Gasteiger partial charge in [0.2, 0.25) is 0 Å². The van der Waals surface area contributed by atoms with Crippen LogP contribution in [0.4, 0.5) is 10.5 Å². The van der Waals surface area contributed by atoms with Crippen molar-refractivity contribution in [2.45, 2.75) is 33.6 Å². The Kier molecular flexibility index (Phi) is 5.03. The fourth-order valence-corrected chi connectivity index (χ4v) is 2.34. The Balaban J connectivity index is 1.98. The van der Waals surface area contributed by atoms with Gasteiger partial charge in [-0.05, 0) is 31.0 Å². The molecule has 6 nitrogen and oxygen atoms in total. The maximum Gasteiger partial charge on any atom is 0.319 e. The molecule has 0 bridgehead atoms. The molecule has 2 rings (SSSR count). The molecular weight excluding hydrogens is 282 g/mol. The Hall–Kier alpha value is -2.08. The van der Waals surface area contributed by atoms with Crippen molar-refractivity contribution in [2.75, 3.05) is 18.5 Å². The van der Waals surface area contributed by atoms with Crippen LogP contribution in [0.1, 0.15) is 32.6 Å². The van der Waals surface area contributed by atoms with Gasteiger partial charge in [0.15, 0.2) is 11.5 Å². The van der Waals surface area contributed by atoms with Crippen molar-refractivity contribution in [1.82, 2.24) is 10.3 Å². The quantitative estimate of drug-likeness (QED) is 0.765. The average Bonchev–Trinajstić information content (AvgIpc) is 2.88. The number of aliphatic hydroxyl groups excluding tert-OH is 1. The van der Waals surface area contributed by atoms with Gasteiger partial charge >= 0.3 is 6.03 Å². The normalized spacial score (nSPS) is 11.6. The Morgan fingerprint density at radius 1 is 1.36 bits per heavy atom. The molecule has 0 unspecified atom stereocenters. The summed E-state index contributed by atoms with van der Waals surface area (Å²) >= 11 is 0. The number of fused-ring (bicyclic) bond motifs is 1. The van der Waals surface area contributed by atoms with Crippen molar-refractivity contribution >= 4 is 22.8 Å². The number of aryl methyl sites for hydroxylation is 1. The summed E-state index contributed by atoms with van der Waals surface area (Å²) in [7, 11) is 0. The summed E-state index contributed by atoms with van der Waals surface area (Å²) in [6, 6.07) is 5.02. The highest BCUT2D eigenvalue weighted by atomic mass is 16.3. The number of oxazole rings is 1. The number of benzene rings is 1. The molecule has 0 radical (unpaired) electrons. The van der Waals surface area contributed by atoms with E-state index >= 15 is 0 Å². The summed E-state index contributed by atoms with van der Waals surface area (Å²) in [6.07, 6.45) is 1.62. The molecule has 1 aromatic carbocycles. The van der Waals surface area contributed by atoms with Gasteiger partial charge in [-0.3, -0.25) is 0 Å². The molecule has 2 aromatic rings. The van der Waals surface area contributed by atoms with Gasteiger partial charge in [0.25, 0.3) is 0 Å². The van der Waals surface area contributed by atoms with E-state index in [0.717, 1.165) is 12.8 Å². The first-order valence-corrected chi connectivity index (χ1v) is 7.55. The predicted molar refractivity (Wildman–Crippen MR) is 85.9 cm³/mol. The van der Waals surface area contributed by atoms with Crippen LogP contribution in [0.3, 0.4) is 0 Å². The first-order chi connectivity index (χ1) is 10.5. The van der Waals surface area contributed by atoms with Crippen molar-refractivity contribution in [3.63, 3.8) is 0 Å². The third kappa shape index (κ3) is 3.57. The second-order valence-electron chi connectivity index (χ2n) is 5.59. The third-order valence-corrected chi connectivity index (χ3v) is 4.21. The van der Waals surface area contributed by atoms with Crippen LogP contribution in [-0.2, 0) is 0 Å². The number of anilines is 1. The van der Waals surface area contributed by atoms with Crippen LogP contribution in [0.5, 0.6) is 0 Å². The Morgan fingerprint density at radius 2 is 2.09 bits per heavy atom. The smallest absolute Gasteiger partial charge is 0.319 e. The zero-order valence-corrected chi connectivity index (χ0v) is 13.3. The summed E-state index contributed by atoms with van der Waals surface area (Å²) in [4.78, 5) is 16.2. The van der Waals surface area contributed by atoms with Gasteiger partial charge in [-0.2, -0.15) is 0 Å². The van der Waals surface area contributed by atoms with Gasteiger partial charge < -0.3 is 20.2 Å². The van der Waals surface area contributed by atoms with Gasteiger partial charge in [-0.15, -0.1) is 0 Å². The molecule has 6 heteroatoms. The molecule has 0 saturated carbocycles. The van der Waals surface area contributed by atoms with Crippen LogP contribution in [0.25, 0.3) is 11.1 Å². The number of nitrogens with one attached hydrogen (secondary N) is 2. The van der Waals surface area contributed by atoms with Crippen molar-refractivity contribution in [2.24, 2.45) is 5.41 Å². The van der Waals surface area contributed by atoms with Gasteiger partial charge in [0.1, 0.15) is 5.52 Å². The van der Waals surface area contributed by atoms with Gasteiger partial charge in [0.05, 0.1) is 6.61 Å². The molecule has 3 N–H and O–H groups in total. The Bertz CT molecular complexity index is 639. The fourth-order valence-electron chi connectivity index (χ4n) is 2.34. The van der Waals surface area contributed by atoms with Crippen molar-refractivity contribution in [3.05, 3.63) is 24.1 Å². The van der Waals surface area contributed by atoms with Gasteiger partial charge in [0, 0.05) is 24.6 Å². The minimum absolute atomic E-state index is 0.0600. The van der Waals surface area contributed by atoms with Crippen LogP contribution < -0.4 is 10.6 Å². The van der Waals surface area contributed by atoms with Crippen molar-refractivity contribution in [1.29, 1.82) is 0 Å². The standard InChI is InChI=1S/C16H23N3O3/c1-4-16(5-2,10-20)9-17-15(21)19-12-6-7-14-13(8-12)18-11(3)22-14/h6-8,20H,4-5,9-10H2,1-3H3,(H2,17,19,21). The number of hydrogen-bond acceptors (Lipinski definition) is 4. The van der Waals surface area contributed by atoms with E-state index < -0.39 is 0 Å². The molecule has 2 amide bonds. The second-order valence-corrected chi connectivity index (χ2v) is 5.59. The maximum absolute atomic E-state index is 12.0. The number of carbonyl (C=O) groups is 1. The lowest BCUT2D eigenvalue weighted by Gasteiger charge is -2.29. The van der Waals surface area contributed by atoms with Gasteiger partial charge in [-0.1, -0.05) is 13.8 Å². The highest BCUT2D eigenvalue weighted by Gasteiger charge is 2.25. The van der Waals surface area contributed by atoms with E-state index in [1.165, 1.54) is 0 Å². The number of hydrogen-bond donors (Lipinski definition) is 3. The summed E-state index contributed by atoms with van der Waals surface area (Å²) in [5, 5.41) is 15.1. The van der Waals surface area contributed by atoms with E-state index in [4.69, 9.17) is 4.42 Å². The molecular formula is C16H23N3O3. The van der Waals surface area contributed by atoms with Crippen LogP contribution in [0, 0.1) is 12.3 Å². The van der Waals surface area contributed by atoms with Crippen molar-refractivity contribution in [3.8, 4) is 0 Å². The molecule has 0 saturated heterocycles. The molecule has 0 atom stereocenters. The zero-order valence-electron chi connectivity index (χ0n) is 13.3. The summed E-state index contributed by atoms with van der Waals surface area (Å²) in [6.45, 7) is 6.31. The summed E-state index contributed by atoms with van der Waals surface area (Å²) in [5.74, 6) is 0.593. The van der Waals surface area contributed by atoms with E-state index in [9.17, 15) is 9.90 Å². The lowest BCUT2D eigenvalue weighted by molar-refractivity contribution is 0.116. The lowest BCUT2D eigenvalue weighted by Crippen LogP contribution is -2.41. The van der Waals surface area contributed by atoms with Crippen LogP contribution in [0.2, 0.25) is 0 Å². The van der Waals surface area contributed by atoms with E-state index in [1.54, 1.807) is 25.1 Å². The second kappa shape index (κ2) is 6.79. The topological polar surface area (TPSA) is 87.4 Å². The van der Waals surface area contributed by atoms with E-state index in [-0.39, 0.29) is 18.1 Å². The zero-order chi connectivity index (χ0) is 16.2. The largest absolute Gasteiger partial charge is 0.441 e. The summed E-state index contributed by atoms with van der Waals surface area (Å²) < 4.78 is 5.40.